The molecule has 2 rings (SSSR count). The highest BCUT2D eigenvalue weighted by Gasteiger charge is 2.05. The summed E-state index contributed by atoms with van der Waals surface area (Å²) in [4.78, 5) is 11.4. The summed E-state index contributed by atoms with van der Waals surface area (Å²) < 4.78 is 28.9. The molecule has 1 heterocycles. The first-order valence-corrected chi connectivity index (χ1v) is 9.18. The van der Waals surface area contributed by atoms with Crippen molar-refractivity contribution >= 4 is 56.6 Å². The fraction of sp³-hybridized carbons (Fsp3) is 0.0714. The van der Waals surface area contributed by atoms with Gasteiger partial charge < -0.3 is 5.73 Å². The summed E-state index contributed by atoms with van der Waals surface area (Å²) >= 11 is 12.7. The van der Waals surface area contributed by atoms with Gasteiger partial charge in [0, 0.05) is 9.90 Å². The van der Waals surface area contributed by atoms with E-state index < -0.39 is 16.0 Å². The van der Waals surface area contributed by atoms with Gasteiger partial charge in [0.15, 0.2) is 0 Å². The monoisotopic (exact) mass is 393 g/mol. The minimum atomic E-state index is -3.99. The van der Waals surface area contributed by atoms with Crippen molar-refractivity contribution in [3.05, 3.63) is 61.1 Å². The number of carbonyl (C=O) groups is 1. The Hall–Kier alpha value is -1.38. The fourth-order valence-electron chi connectivity index (χ4n) is 1.38. The summed E-state index contributed by atoms with van der Waals surface area (Å²) in [5.41, 5.74) is 6.36. The molecule has 0 saturated heterocycles. The molecule has 0 fully saturated rings. The van der Waals surface area contributed by atoms with E-state index in [1.54, 1.807) is 6.07 Å². The summed E-state index contributed by atoms with van der Waals surface area (Å²) in [5, 5.41) is 3.45. The molecule has 5 nitrogen and oxygen atoms in total. The first-order valence-electron chi connectivity index (χ1n) is 6.04. The van der Waals surface area contributed by atoms with Crippen molar-refractivity contribution in [3.63, 3.8) is 0 Å². The number of benzene rings is 1. The Morgan fingerprint density at radius 2 is 1.96 bits per heavy atom. The third-order valence-corrected chi connectivity index (χ3v) is 4.40. The summed E-state index contributed by atoms with van der Waals surface area (Å²) in [6.07, 6.45) is 1.37. The van der Waals surface area contributed by atoms with Crippen LogP contribution in [-0.4, -0.2) is 18.9 Å². The number of hydrogen-bond acceptors (Lipinski definition) is 4. The van der Waals surface area contributed by atoms with Crippen LogP contribution in [0.15, 0.2) is 35.1 Å². The minimum Gasteiger partial charge on any atom is -0.366 e. The van der Waals surface area contributed by atoms with Crippen LogP contribution in [0.1, 0.15) is 20.8 Å². The van der Waals surface area contributed by atoms with Crippen LogP contribution in [0.5, 0.6) is 0 Å². The number of halogens is 2. The lowest BCUT2D eigenvalue weighted by Gasteiger charge is -1.97. The van der Waals surface area contributed by atoms with Gasteiger partial charge in [-0.05, 0) is 48.2 Å². The maximum absolute atomic E-state index is 10.6. The van der Waals surface area contributed by atoms with Gasteiger partial charge in [-0.1, -0.05) is 23.2 Å². The molecule has 0 bridgehead atoms. The Morgan fingerprint density at radius 1 is 1.30 bits per heavy atom. The van der Waals surface area contributed by atoms with Crippen molar-refractivity contribution in [2.24, 2.45) is 5.73 Å². The fourth-order valence-corrected chi connectivity index (χ4v) is 3.08. The highest BCUT2D eigenvalue weighted by molar-refractivity contribution is 7.88. The Bertz CT molecular complexity index is 829. The van der Waals surface area contributed by atoms with E-state index in [9.17, 15) is 13.2 Å². The van der Waals surface area contributed by atoms with Gasteiger partial charge in [-0.25, -0.2) is 0 Å². The average Bonchev–Trinajstić information content (AvgIpc) is 2.82. The maximum atomic E-state index is 10.6. The molecule has 0 saturated carbocycles. The zero-order valence-electron chi connectivity index (χ0n) is 11.9. The van der Waals surface area contributed by atoms with E-state index in [1.807, 2.05) is 18.4 Å². The van der Waals surface area contributed by atoms with Crippen molar-refractivity contribution in [2.45, 2.75) is 6.92 Å². The minimum absolute atomic E-state index is 0.282. The van der Waals surface area contributed by atoms with Crippen LogP contribution in [-0.2, 0) is 10.1 Å². The molecule has 0 atom stereocenters. The lowest BCUT2D eigenvalue weighted by atomic mass is 10.2. The zero-order valence-corrected chi connectivity index (χ0v) is 15.0. The highest BCUT2D eigenvalue weighted by Crippen LogP contribution is 2.20. The molecular weight excluding hydrogens is 381 g/mol. The van der Waals surface area contributed by atoms with Crippen LogP contribution < -0.4 is 5.73 Å². The van der Waals surface area contributed by atoms with Crippen molar-refractivity contribution in [1.29, 1.82) is 0 Å². The first kappa shape index (κ1) is 19.7. The zero-order chi connectivity index (χ0) is 17.6. The molecule has 0 spiro atoms. The molecule has 0 aliphatic rings. The van der Waals surface area contributed by atoms with E-state index in [0.29, 0.717) is 5.02 Å². The molecule has 0 aliphatic carbocycles. The number of thiophene rings is 1. The number of amides is 1. The molecule has 2 aromatic rings. The second kappa shape index (κ2) is 8.47. The van der Waals surface area contributed by atoms with Crippen LogP contribution in [0.25, 0.3) is 6.08 Å². The smallest absolute Gasteiger partial charge is 0.287 e. The van der Waals surface area contributed by atoms with Crippen LogP contribution in [0.2, 0.25) is 10.0 Å². The van der Waals surface area contributed by atoms with Gasteiger partial charge in [-0.3, -0.25) is 9.35 Å². The summed E-state index contributed by atoms with van der Waals surface area (Å²) in [6, 6.07) is 6.37. The first-order chi connectivity index (χ1) is 10.6. The Balaban J connectivity index is 0.000000231. The predicted molar refractivity (Wildman–Crippen MR) is 94.6 cm³/mol. The molecule has 0 radical (unpaired) electrons. The number of primary amides is 1. The van der Waals surface area contributed by atoms with E-state index in [2.05, 4.69) is 0 Å². The summed E-state index contributed by atoms with van der Waals surface area (Å²) in [7, 11) is -3.99. The molecule has 0 aliphatic heterocycles. The van der Waals surface area contributed by atoms with Crippen LogP contribution in [0.3, 0.4) is 0 Å². The van der Waals surface area contributed by atoms with Gasteiger partial charge in [-0.15, -0.1) is 11.3 Å². The van der Waals surface area contributed by atoms with Crippen molar-refractivity contribution in [3.8, 4) is 0 Å². The molecule has 9 heteroatoms. The van der Waals surface area contributed by atoms with E-state index in [1.165, 1.54) is 29.5 Å². The Kier molecular flexibility index (Phi) is 7.24. The van der Waals surface area contributed by atoms with E-state index in [4.69, 9.17) is 33.5 Å². The molecule has 3 N–H and O–H groups in total. The lowest BCUT2D eigenvalue weighted by Crippen LogP contribution is -2.11. The van der Waals surface area contributed by atoms with Gasteiger partial charge in [-0.2, -0.15) is 8.42 Å². The number of rotatable bonds is 3. The number of aryl methyl sites for hydroxylation is 1. The summed E-state index contributed by atoms with van der Waals surface area (Å²) in [6.45, 7) is 1.92. The van der Waals surface area contributed by atoms with Crippen molar-refractivity contribution < 1.29 is 17.8 Å². The van der Waals surface area contributed by atoms with Crippen molar-refractivity contribution in [1.82, 2.24) is 0 Å². The normalized spacial score (nSPS) is 11.1. The maximum Gasteiger partial charge on any atom is 0.287 e. The van der Waals surface area contributed by atoms with Crippen LogP contribution in [0.4, 0.5) is 0 Å². The molecule has 124 valence electrons. The summed E-state index contributed by atoms with van der Waals surface area (Å²) in [5.74, 6) is -0.549. The molecule has 0 unspecified atom stereocenters. The predicted octanol–water partition coefficient (Wildman–Crippen LogP) is 4.01. The molecule has 1 aromatic carbocycles. The number of nitrogens with two attached hydrogens (primary N) is 1. The quantitative estimate of drug-likeness (QED) is 0.769. The van der Waals surface area contributed by atoms with Gasteiger partial charge in [0.2, 0.25) is 5.91 Å². The average molecular weight is 394 g/mol. The van der Waals surface area contributed by atoms with Crippen LogP contribution in [0, 0.1) is 6.92 Å². The second-order valence-electron chi connectivity index (χ2n) is 4.33. The topological polar surface area (TPSA) is 97.5 Å². The van der Waals surface area contributed by atoms with E-state index >= 15 is 0 Å². The standard InChI is InChI=1S/C7H5Cl2NO.C7H8O3S2/c8-4-1-2-5(7(10)11)6(9)3-4;1-6-4-7(11-5-6)2-3-12(8,9)10/h1-3H,(H2,10,11);2-5H,1H3,(H,8,9,10)/b;3-2+. The number of hydrogen-bond donors (Lipinski definition) is 2. The van der Waals surface area contributed by atoms with Gasteiger partial charge in [0.1, 0.15) is 0 Å². The largest absolute Gasteiger partial charge is 0.366 e. The van der Waals surface area contributed by atoms with Gasteiger partial charge >= 0.3 is 0 Å². The molecule has 1 aromatic heterocycles. The highest BCUT2D eigenvalue weighted by atomic mass is 35.5. The van der Waals surface area contributed by atoms with E-state index in [-0.39, 0.29) is 10.6 Å². The molecule has 23 heavy (non-hydrogen) atoms. The van der Waals surface area contributed by atoms with Crippen molar-refractivity contribution in [2.75, 3.05) is 0 Å². The van der Waals surface area contributed by atoms with Crippen LogP contribution >= 0.6 is 34.5 Å². The molecule has 1 amide bonds. The SMILES string of the molecule is Cc1csc(/C=C/S(=O)(=O)O)c1.NC(=O)c1ccc(Cl)cc1Cl. The Morgan fingerprint density at radius 3 is 2.39 bits per heavy atom. The number of carbonyl (C=O) groups excluding carboxylic acids is 1. The van der Waals surface area contributed by atoms with E-state index in [0.717, 1.165) is 15.8 Å². The lowest BCUT2D eigenvalue weighted by molar-refractivity contribution is 0.100. The van der Waals surface area contributed by atoms with Gasteiger partial charge in [0.05, 0.1) is 16.0 Å². The Labute approximate surface area is 148 Å². The third-order valence-electron chi connectivity index (χ3n) is 2.35. The van der Waals surface area contributed by atoms with Gasteiger partial charge in [0.25, 0.3) is 10.1 Å². The molecular formula is C14H13Cl2NO4S2. The second-order valence-corrected chi connectivity index (χ2v) is 7.42. The third kappa shape index (κ3) is 7.62.